The lowest BCUT2D eigenvalue weighted by atomic mass is 9.86. The number of halogens is 2. The molecule has 0 unspecified atom stereocenters. The molecule has 3 heterocycles. The molecule has 0 aliphatic carbocycles. The minimum Gasteiger partial charge on any atom is -0.449 e. The van der Waals surface area contributed by atoms with Gasteiger partial charge in [-0.1, -0.05) is 23.2 Å². The molecule has 3 aliphatic rings. The number of nitrogens with zero attached hydrogens (tertiary/aromatic N) is 2. The van der Waals surface area contributed by atoms with E-state index in [9.17, 15) is 20.1 Å². The van der Waals surface area contributed by atoms with Crippen molar-refractivity contribution in [2.75, 3.05) is 13.2 Å². The van der Waals surface area contributed by atoms with Crippen molar-refractivity contribution in [3.8, 4) is 0 Å². The number of benzene rings is 1. The Balaban J connectivity index is 1.70. The van der Waals surface area contributed by atoms with Gasteiger partial charge in [-0.3, -0.25) is 11.1 Å². The largest absolute Gasteiger partial charge is 0.449 e. The number of carbonyl (C=O) groups excluding carboxylic acids is 1. The van der Waals surface area contributed by atoms with E-state index >= 15 is 0 Å². The number of aliphatic hydroxyl groups excluding tert-OH is 1. The first kappa shape index (κ1) is 20.0. The summed E-state index contributed by atoms with van der Waals surface area (Å²) in [5, 5.41) is 37.9. The average molecular weight is 446 g/mol. The summed E-state index contributed by atoms with van der Waals surface area (Å²) in [6.07, 6.45) is -1.44. The molecular weight excluding hydrogens is 427 g/mol. The highest BCUT2D eigenvalue weighted by Gasteiger charge is 2.76. The van der Waals surface area contributed by atoms with Gasteiger partial charge in [0, 0.05) is 10.0 Å². The van der Waals surface area contributed by atoms with Crippen molar-refractivity contribution in [2.24, 2.45) is 16.5 Å². The lowest BCUT2D eigenvalue weighted by Crippen LogP contribution is -2.78. The van der Waals surface area contributed by atoms with Gasteiger partial charge in [-0.05, 0) is 18.2 Å². The summed E-state index contributed by atoms with van der Waals surface area (Å²) in [6, 6.07) is 2.45. The minimum absolute atomic E-state index is 0.0366. The lowest BCUT2D eigenvalue weighted by Gasteiger charge is -2.42. The predicted molar refractivity (Wildman–Crippen MR) is 102 cm³/mol. The highest BCUT2D eigenvalue weighted by Crippen LogP contribution is 2.42. The molecule has 0 aromatic heterocycles. The fourth-order valence-electron chi connectivity index (χ4n) is 4.11. The number of nitrogens with one attached hydrogen (secondary N) is 2. The summed E-state index contributed by atoms with van der Waals surface area (Å²) < 4.78 is 6.75. The van der Waals surface area contributed by atoms with Crippen LogP contribution in [-0.4, -0.2) is 80.6 Å². The van der Waals surface area contributed by atoms with E-state index in [1.807, 2.05) is 0 Å². The van der Waals surface area contributed by atoms with Crippen LogP contribution in [0.4, 0.5) is 0 Å². The molecule has 1 fully saturated rings. The topological polar surface area (TPSA) is 178 Å². The molecule has 0 saturated carbocycles. The normalized spacial score (nSPS) is 32.0. The maximum absolute atomic E-state index is 12.6. The van der Waals surface area contributed by atoms with Gasteiger partial charge in [-0.15, -0.1) is 0 Å². The molecule has 3 aliphatic heterocycles. The standard InChI is InChI=1S/C16H18Cl2N6O5/c17-7-1-6(2-8(18)3-7)12(26)29-10-4-24-14(20)21-9(5-25)11-15(24,16(10,27)28)23-13(19)22-11/h1-3,9-11,25,27-28H,4-5H2,(H5,19,20,21,22,23)/p+1/t9-,10-,11-,15-/m0/s1. The average Bonchev–Trinajstić information content (AvgIpc) is 3.09. The van der Waals surface area contributed by atoms with Crippen LogP contribution in [0.1, 0.15) is 10.4 Å². The molecule has 9 N–H and O–H groups in total. The van der Waals surface area contributed by atoms with Crippen LogP contribution in [0, 0.1) is 0 Å². The first-order valence-corrected chi connectivity index (χ1v) is 9.36. The number of nitrogens with two attached hydrogens (primary N) is 2. The fourth-order valence-corrected chi connectivity index (χ4v) is 4.64. The smallest absolute Gasteiger partial charge is 0.346 e. The molecular formula is C16H19Cl2N6O5+. The van der Waals surface area contributed by atoms with Crippen LogP contribution in [0.15, 0.2) is 23.2 Å². The predicted octanol–water partition coefficient (Wildman–Crippen LogP) is -2.51. The molecule has 1 aromatic carbocycles. The number of aliphatic imine (C=N–C) groups is 1. The van der Waals surface area contributed by atoms with Crippen LogP contribution >= 0.6 is 23.2 Å². The SMILES string of the molecule is NC1=N[C@H]2[C@H](CO)NC(N)=[N+]3C[C@H](OC(=O)c4cc(Cl)cc(Cl)c4)C(O)(O)[C@]23N1. The summed E-state index contributed by atoms with van der Waals surface area (Å²) in [6.45, 7) is -0.586. The summed E-state index contributed by atoms with van der Waals surface area (Å²) in [4.78, 5) is 16.8. The van der Waals surface area contributed by atoms with Gasteiger partial charge in [0.25, 0.3) is 5.79 Å². The lowest BCUT2D eigenvalue weighted by molar-refractivity contribution is -0.623. The number of carbonyl (C=O) groups is 1. The van der Waals surface area contributed by atoms with E-state index in [1.54, 1.807) is 0 Å². The Morgan fingerprint density at radius 2 is 1.97 bits per heavy atom. The monoisotopic (exact) mass is 445 g/mol. The van der Waals surface area contributed by atoms with Gasteiger partial charge >= 0.3 is 11.9 Å². The van der Waals surface area contributed by atoms with Crippen LogP contribution in [0.25, 0.3) is 0 Å². The summed E-state index contributed by atoms with van der Waals surface area (Å²) in [5.74, 6) is -3.57. The Labute approximate surface area is 174 Å². The van der Waals surface area contributed by atoms with Crippen molar-refractivity contribution in [3.63, 3.8) is 0 Å². The Bertz CT molecular complexity index is 933. The Morgan fingerprint density at radius 3 is 2.59 bits per heavy atom. The molecule has 11 nitrogen and oxygen atoms in total. The van der Waals surface area contributed by atoms with Gasteiger partial charge in [-0.25, -0.2) is 14.4 Å². The minimum atomic E-state index is -2.67. The maximum atomic E-state index is 12.6. The van der Waals surface area contributed by atoms with E-state index in [-0.39, 0.29) is 34.1 Å². The molecule has 0 radical (unpaired) electrons. The van der Waals surface area contributed by atoms with E-state index in [0.29, 0.717) is 0 Å². The summed E-state index contributed by atoms with van der Waals surface area (Å²) in [7, 11) is 0. The Kier molecular flexibility index (Phi) is 4.55. The Hall–Kier alpha value is -2.31. The zero-order chi connectivity index (χ0) is 21.1. The van der Waals surface area contributed by atoms with Gasteiger partial charge in [-0.2, -0.15) is 0 Å². The van der Waals surface area contributed by atoms with E-state index in [4.69, 9.17) is 39.4 Å². The molecule has 0 bridgehead atoms. The van der Waals surface area contributed by atoms with Crippen molar-refractivity contribution in [1.29, 1.82) is 0 Å². The zero-order valence-electron chi connectivity index (χ0n) is 14.8. The Morgan fingerprint density at radius 1 is 1.31 bits per heavy atom. The van der Waals surface area contributed by atoms with E-state index < -0.39 is 42.2 Å². The second-order valence-electron chi connectivity index (χ2n) is 7.06. The third-order valence-corrected chi connectivity index (χ3v) is 5.79. The number of aliphatic hydroxyl groups is 3. The molecule has 13 heteroatoms. The van der Waals surface area contributed by atoms with Crippen molar-refractivity contribution >= 4 is 41.1 Å². The number of guanidine groups is 2. The first-order chi connectivity index (χ1) is 13.6. The van der Waals surface area contributed by atoms with Crippen LogP contribution < -0.4 is 22.1 Å². The highest BCUT2D eigenvalue weighted by atomic mass is 35.5. The molecule has 1 spiro atoms. The van der Waals surface area contributed by atoms with Crippen LogP contribution in [0.2, 0.25) is 10.0 Å². The number of hydrogen-bond acceptors (Lipinski definition) is 10. The van der Waals surface area contributed by atoms with Gasteiger partial charge in [0.2, 0.25) is 5.66 Å². The van der Waals surface area contributed by atoms with Gasteiger partial charge < -0.3 is 31.1 Å². The molecule has 4 rings (SSSR count). The highest BCUT2D eigenvalue weighted by molar-refractivity contribution is 6.35. The molecule has 1 saturated heterocycles. The van der Waals surface area contributed by atoms with Crippen molar-refractivity contribution in [2.45, 2.75) is 29.6 Å². The second kappa shape index (κ2) is 6.61. The third kappa shape index (κ3) is 2.81. The molecule has 156 valence electrons. The van der Waals surface area contributed by atoms with Crippen LogP contribution in [0.3, 0.4) is 0 Å². The second-order valence-corrected chi connectivity index (χ2v) is 7.93. The summed E-state index contributed by atoms with van der Waals surface area (Å²) >= 11 is 11.8. The fraction of sp³-hybridized carbons (Fsp3) is 0.438. The maximum Gasteiger partial charge on any atom is 0.346 e. The molecule has 29 heavy (non-hydrogen) atoms. The first-order valence-electron chi connectivity index (χ1n) is 8.61. The molecule has 0 amide bonds. The third-order valence-electron chi connectivity index (χ3n) is 5.36. The quantitative estimate of drug-likeness (QED) is 0.150. The number of esters is 1. The molecule has 4 atom stereocenters. The van der Waals surface area contributed by atoms with Crippen molar-refractivity contribution in [3.05, 3.63) is 33.8 Å². The van der Waals surface area contributed by atoms with Crippen molar-refractivity contribution < 1.29 is 29.4 Å². The van der Waals surface area contributed by atoms with Gasteiger partial charge in [0.15, 0.2) is 18.1 Å². The number of hydrogen-bond donors (Lipinski definition) is 7. The van der Waals surface area contributed by atoms with E-state index in [0.717, 1.165) is 0 Å². The molecule has 1 aromatic rings. The van der Waals surface area contributed by atoms with E-state index in [1.165, 1.54) is 22.8 Å². The number of ether oxygens (including phenoxy) is 1. The van der Waals surface area contributed by atoms with Crippen LogP contribution in [-0.2, 0) is 4.74 Å². The van der Waals surface area contributed by atoms with Gasteiger partial charge in [0.05, 0.1) is 12.2 Å². The summed E-state index contributed by atoms with van der Waals surface area (Å²) in [5.41, 5.74) is 10.1. The number of rotatable bonds is 3. The van der Waals surface area contributed by atoms with Gasteiger partial charge in [0.1, 0.15) is 12.6 Å². The van der Waals surface area contributed by atoms with Crippen molar-refractivity contribution in [1.82, 2.24) is 10.6 Å². The zero-order valence-corrected chi connectivity index (χ0v) is 16.4. The van der Waals surface area contributed by atoms with E-state index in [2.05, 4.69) is 15.6 Å². The van der Waals surface area contributed by atoms with Crippen LogP contribution in [0.5, 0.6) is 0 Å².